The largest absolute Gasteiger partial charge is 0.338 e. The third kappa shape index (κ3) is 3.98. The fourth-order valence-corrected chi connectivity index (χ4v) is 4.92. The van der Waals surface area contributed by atoms with E-state index in [4.69, 9.17) is 4.52 Å². The van der Waals surface area contributed by atoms with Gasteiger partial charge in [0.15, 0.2) is 5.65 Å². The van der Waals surface area contributed by atoms with Crippen LogP contribution in [0.4, 0.5) is 5.88 Å². The molecule has 0 bridgehead atoms. The molecule has 0 saturated carbocycles. The monoisotopic (exact) mass is 436 g/mol. The van der Waals surface area contributed by atoms with E-state index in [-0.39, 0.29) is 11.3 Å². The number of amides is 1. The average molecular weight is 437 g/mol. The number of hydrogen-bond donors (Lipinski definition) is 2. The van der Waals surface area contributed by atoms with Crippen molar-refractivity contribution in [2.24, 2.45) is 0 Å². The van der Waals surface area contributed by atoms with E-state index in [1.54, 1.807) is 23.6 Å². The Morgan fingerprint density at radius 1 is 1.32 bits per heavy atom. The third-order valence-electron chi connectivity index (χ3n) is 5.54. The molecule has 5 rings (SSSR count). The van der Waals surface area contributed by atoms with Gasteiger partial charge in [0.1, 0.15) is 0 Å². The number of aromatic nitrogens is 4. The summed E-state index contributed by atoms with van der Waals surface area (Å²) in [6, 6.07) is 3.92. The molecular weight excluding hydrogens is 412 g/mol. The van der Waals surface area contributed by atoms with Crippen LogP contribution >= 0.6 is 11.3 Å². The molecule has 31 heavy (non-hydrogen) atoms. The first-order chi connectivity index (χ1) is 14.9. The molecule has 0 aliphatic carbocycles. The van der Waals surface area contributed by atoms with E-state index in [0.717, 1.165) is 59.5 Å². The number of fused-ring (bicyclic) bond motifs is 2. The first-order valence-electron chi connectivity index (χ1n) is 10.2. The van der Waals surface area contributed by atoms with Crippen LogP contribution in [0.5, 0.6) is 0 Å². The zero-order valence-electron chi connectivity index (χ0n) is 17.7. The van der Waals surface area contributed by atoms with E-state index in [0.29, 0.717) is 5.88 Å². The molecule has 160 valence electrons. The van der Waals surface area contributed by atoms with Gasteiger partial charge in [-0.05, 0) is 23.6 Å². The summed E-state index contributed by atoms with van der Waals surface area (Å²) in [6.07, 6.45) is 4.53. The molecule has 1 amide bonds. The summed E-state index contributed by atoms with van der Waals surface area (Å²) in [5, 5.41) is 16.8. The van der Waals surface area contributed by atoms with Crippen LogP contribution in [0, 0.1) is 0 Å². The van der Waals surface area contributed by atoms with Gasteiger partial charge in [-0.2, -0.15) is 5.10 Å². The van der Waals surface area contributed by atoms with Gasteiger partial charge in [0, 0.05) is 53.0 Å². The molecule has 5 heterocycles. The molecule has 0 unspecified atom stereocenters. The minimum absolute atomic E-state index is 0.130. The lowest BCUT2D eigenvalue weighted by Crippen LogP contribution is -2.30. The van der Waals surface area contributed by atoms with E-state index >= 15 is 0 Å². The number of nitrogens with one attached hydrogen (secondary N) is 2. The summed E-state index contributed by atoms with van der Waals surface area (Å²) in [7, 11) is 0. The number of thiophene rings is 1. The SMILES string of the molecule is CC(C)(C)c1cc(NC(=O)c2csc3c2CCN(Cc2cnc4[nH]ncc4c2)C3)on1. The highest BCUT2D eigenvalue weighted by atomic mass is 32.1. The fourth-order valence-electron chi connectivity index (χ4n) is 3.80. The molecule has 0 aromatic carbocycles. The van der Waals surface area contributed by atoms with Gasteiger partial charge in [-0.15, -0.1) is 11.3 Å². The van der Waals surface area contributed by atoms with Crippen molar-refractivity contribution in [3.63, 3.8) is 0 Å². The molecule has 0 atom stereocenters. The van der Waals surface area contributed by atoms with Crippen molar-refractivity contribution < 1.29 is 9.32 Å². The van der Waals surface area contributed by atoms with E-state index in [1.807, 2.05) is 11.6 Å². The van der Waals surface area contributed by atoms with Crippen LogP contribution in [0.15, 0.2) is 34.4 Å². The summed E-state index contributed by atoms with van der Waals surface area (Å²) in [4.78, 5) is 20.9. The van der Waals surface area contributed by atoms with Gasteiger partial charge in [0.2, 0.25) is 5.88 Å². The maximum Gasteiger partial charge on any atom is 0.259 e. The molecule has 2 N–H and O–H groups in total. The van der Waals surface area contributed by atoms with Gasteiger partial charge in [-0.3, -0.25) is 20.1 Å². The van der Waals surface area contributed by atoms with Crippen molar-refractivity contribution in [1.82, 2.24) is 25.2 Å². The van der Waals surface area contributed by atoms with Crippen LogP contribution in [-0.2, 0) is 24.9 Å². The first-order valence-corrected chi connectivity index (χ1v) is 11.1. The normalized spacial score (nSPS) is 14.7. The maximum atomic E-state index is 12.9. The Bertz CT molecular complexity index is 1250. The van der Waals surface area contributed by atoms with E-state index in [2.05, 4.69) is 57.4 Å². The Balaban J connectivity index is 1.27. The number of rotatable bonds is 4. The van der Waals surface area contributed by atoms with Crippen molar-refractivity contribution >= 4 is 34.2 Å². The topological polar surface area (TPSA) is 99.9 Å². The minimum atomic E-state index is -0.142. The number of pyridine rings is 1. The van der Waals surface area contributed by atoms with Crippen molar-refractivity contribution in [2.75, 3.05) is 11.9 Å². The Morgan fingerprint density at radius 2 is 2.19 bits per heavy atom. The second-order valence-corrected chi connectivity index (χ2v) is 9.91. The van der Waals surface area contributed by atoms with Crippen molar-refractivity contribution in [2.45, 2.75) is 45.7 Å². The Morgan fingerprint density at radius 3 is 3.00 bits per heavy atom. The second-order valence-electron chi connectivity index (χ2n) is 8.94. The lowest BCUT2D eigenvalue weighted by Gasteiger charge is -2.27. The van der Waals surface area contributed by atoms with Crippen LogP contribution in [0.25, 0.3) is 11.0 Å². The first kappa shape index (κ1) is 19.9. The quantitative estimate of drug-likeness (QED) is 0.499. The van der Waals surface area contributed by atoms with Crippen LogP contribution in [0.2, 0.25) is 0 Å². The van der Waals surface area contributed by atoms with E-state index in [1.165, 1.54) is 4.88 Å². The molecule has 8 nitrogen and oxygen atoms in total. The van der Waals surface area contributed by atoms with Gasteiger partial charge in [-0.1, -0.05) is 25.9 Å². The van der Waals surface area contributed by atoms with E-state index < -0.39 is 0 Å². The van der Waals surface area contributed by atoms with Crippen molar-refractivity contribution in [3.05, 3.63) is 57.2 Å². The molecule has 0 spiro atoms. The van der Waals surface area contributed by atoms with E-state index in [9.17, 15) is 4.79 Å². The highest BCUT2D eigenvalue weighted by Gasteiger charge is 2.25. The molecule has 0 radical (unpaired) electrons. The molecular formula is C22H24N6O2S. The predicted molar refractivity (Wildman–Crippen MR) is 119 cm³/mol. The smallest absolute Gasteiger partial charge is 0.259 e. The predicted octanol–water partition coefficient (Wildman–Crippen LogP) is 4.12. The Kier molecular flexibility index (Phi) is 4.86. The number of anilines is 1. The van der Waals surface area contributed by atoms with Crippen molar-refractivity contribution in [1.29, 1.82) is 0 Å². The average Bonchev–Trinajstić information content (AvgIpc) is 3.46. The number of hydrogen-bond acceptors (Lipinski definition) is 7. The molecule has 1 aliphatic rings. The number of nitrogens with zero attached hydrogens (tertiary/aromatic N) is 4. The van der Waals surface area contributed by atoms with Gasteiger partial charge in [-0.25, -0.2) is 4.98 Å². The summed E-state index contributed by atoms with van der Waals surface area (Å²) in [6.45, 7) is 8.71. The molecule has 1 aliphatic heterocycles. The van der Waals surface area contributed by atoms with Crippen LogP contribution < -0.4 is 5.32 Å². The lowest BCUT2D eigenvalue weighted by molar-refractivity contribution is 0.102. The van der Waals surface area contributed by atoms with Gasteiger partial charge >= 0.3 is 0 Å². The highest BCUT2D eigenvalue weighted by molar-refractivity contribution is 7.10. The highest BCUT2D eigenvalue weighted by Crippen LogP contribution is 2.31. The zero-order valence-corrected chi connectivity index (χ0v) is 18.5. The summed E-state index contributed by atoms with van der Waals surface area (Å²) in [5.41, 5.74) is 4.52. The van der Waals surface area contributed by atoms with Gasteiger partial charge in [0.25, 0.3) is 5.91 Å². The van der Waals surface area contributed by atoms with Crippen LogP contribution in [0.3, 0.4) is 0 Å². The molecule has 0 saturated heterocycles. The molecule has 4 aromatic heterocycles. The molecule has 9 heteroatoms. The number of aromatic amines is 1. The van der Waals surface area contributed by atoms with Crippen molar-refractivity contribution in [3.8, 4) is 0 Å². The van der Waals surface area contributed by atoms with Crippen LogP contribution in [0.1, 0.15) is 52.8 Å². The molecule has 0 fully saturated rings. The lowest BCUT2D eigenvalue weighted by atomic mass is 9.92. The van der Waals surface area contributed by atoms with Gasteiger partial charge in [0.05, 0.1) is 17.5 Å². The third-order valence-corrected chi connectivity index (χ3v) is 6.55. The zero-order chi connectivity index (χ0) is 21.6. The van der Waals surface area contributed by atoms with Gasteiger partial charge < -0.3 is 4.52 Å². The fraction of sp³-hybridized carbons (Fsp3) is 0.364. The standard InChI is InChI=1S/C22H24N6O2S/c1-22(2,3)18-7-19(30-27-18)25-21(29)16-12-31-17-11-28(5-4-15(16)17)10-13-6-14-9-24-26-20(14)23-8-13/h6-9,12H,4-5,10-11H2,1-3H3,(H,25,29)(H,23,24,26). The number of carbonyl (C=O) groups excluding carboxylic acids is 1. The Hall–Kier alpha value is -3.04. The Labute approximate surface area is 183 Å². The summed E-state index contributed by atoms with van der Waals surface area (Å²) >= 11 is 1.64. The summed E-state index contributed by atoms with van der Waals surface area (Å²) in [5.74, 6) is 0.242. The minimum Gasteiger partial charge on any atom is -0.338 e. The number of carbonyl (C=O) groups is 1. The number of H-pyrrole nitrogens is 1. The van der Waals surface area contributed by atoms with Crippen LogP contribution in [-0.4, -0.2) is 37.7 Å². The molecule has 4 aromatic rings. The maximum absolute atomic E-state index is 12.9. The summed E-state index contributed by atoms with van der Waals surface area (Å²) < 4.78 is 5.31. The second kappa shape index (κ2) is 7.58.